The molecule has 7 nitrogen and oxygen atoms in total. The molecule has 92 valence electrons. The lowest BCUT2D eigenvalue weighted by atomic mass is 10.1. The van der Waals surface area contributed by atoms with Crippen LogP contribution in [0.2, 0.25) is 0 Å². The van der Waals surface area contributed by atoms with Gasteiger partial charge in [0.25, 0.3) is 0 Å². The van der Waals surface area contributed by atoms with E-state index in [1.165, 1.54) is 11.8 Å². The number of carbonyl (C=O) groups is 3. The molecule has 16 heavy (non-hydrogen) atoms. The zero-order chi connectivity index (χ0) is 12.7. The Morgan fingerprint density at radius 3 is 2.06 bits per heavy atom. The number of carboxylic acids is 3. The Bertz CT molecular complexity index is 277. The van der Waals surface area contributed by atoms with Gasteiger partial charge in [-0.1, -0.05) is 6.92 Å². The van der Waals surface area contributed by atoms with E-state index in [0.29, 0.717) is 0 Å². The maximum absolute atomic E-state index is 10.6. The second-order valence-corrected chi connectivity index (χ2v) is 3.51. The van der Waals surface area contributed by atoms with Crippen LogP contribution < -0.4 is 0 Å². The summed E-state index contributed by atoms with van der Waals surface area (Å²) in [5, 5.41) is 25.7. The lowest BCUT2D eigenvalue weighted by Gasteiger charge is -2.21. The first-order chi connectivity index (χ1) is 7.32. The van der Waals surface area contributed by atoms with Crippen LogP contribution in [0.1, 0.15) is 13.3 Å². The largest absolute Gasteiger partial charge is 0.481 e. The van der Waals surface area contributed by atoms with Crippen molar-refractivity contribution in [2.24, 2.45) is 5.92 Å². The molecule has 1 unspecified atom stereocenters. The lowest BCUT2D eigenvalue weighted by molar-refractivity contribution is -0.144. The van der Waals surface area contributed by atoms with Gasteiger partial charge >= 0.3 is 17.9 Å². The molecular weight excluding hydrogens is 218 g/mol. The van der Waals surface area contributed by atoms with Crippen LogP contribution >= 0.6 is 0 Å². The molecule has 0 rings (SSSR count). The summed E-state index contributed by atoms with van der Waals surface area (Å²) in [6.45, 7) is 1.14. The molecule has 0 aromatic carbocycles. The zero-order valence-electron chi connectivity index (χ0n) is 8.92. The molecule has 0 saturated heterocycles. The number of hydrogen-bond donors (Lipinski definition) is 3. The summed E-state index contributed by atoms with van der Waals surface area (Å²) in [4.78, 5) is 32.7. The third kappa shape index (κ3) is 6.77. The number of hydrogen-bond acceptors (Lipinski definition) is 4. The Morgan fingerprint density at radius 2 is 1.69 bits per heavy atom. The van der Waals surface area contributed by atoms with Crippen molar-refractivity contribution in [2.75, 3.05) is 19.6 Å². The van der Waals surface area contributed by atoms with Crippen molar-refractivity contribution >= 4 is 17.9 Å². The summed E-state index contributed by atoms with van der Waals surface area (Å²) < 4.78 is 0. The zero-order valence-corrected chi connectivity index (χ0v) is 8.92. The van der Waals surface area contributed by atoms with Crippen molar-refractivity contribution in [3.8, 4) is 0 Å². The minimum absolute atomic E-state index is 0.0227. The topological polar surface area (TPSA) is 115 Å². The van der Waals surface area contributed by atoms with E-state index in [2.05, 4.69) is 0 Å². The van der Waals surface area contributed by atoms with E-state index in [9.17, 15) is 14.4 Å². The molecule has 0 fully saturated rings. The number of aliphatic carboxylic acids is 3. The molecule has 0 aromatic rings. The van der Waals surface area contributed by atoms with Crippen LogP contribution in [-0.4, -0.2) is 57.8 Å². The highest BCUT2D eigenvalue weighted by Gasteiger charge is 2.18. The van der Waals surface area contributed by atoms with E-state index in [0.717, 1.165) is 0 Å². The van der Waals surface area contributed by atoms with Crippen LogP contribution in [0.25, 0.3) is 0 Å². The average Bonchev–Trinajstić information content (AvgIpc) is 2.12. The SMILES string of the molecule is CC(CN(CCC(=O)O)CC(=O)O)C(=O)O. The maximum Gasteiger partial charge on any atom is 0.317 e. The Balaban J connectivity index is 4.24. The lowest BCUT2D eigenvalue weighted by Crippen LogP contribution is -2.37. The monoisotopic (exact) mass is 233 g/mol. The molecule has 0 heterocycles. The van der Waals surface area contributed by atoms with Crippen LogP contribution in [0.5, 0.6) is 0 Å². The minimum atomic E-state index is -1.11. The molecule has 1 atom stereocenters. The summed E-state index contributed by atoms with van der Waals surface area (Å²) in [7, 11) is 0. The van der Waals surface area contributed by atoms with Gasteiger partial charge in [-0.3, -0.25) is 19.3 Å². The van der Waals surface area contributed by atoms with Gasteiger partial charge in [-0.25, -0.2) is 0 Å². The van der Waals surface area contributed by atoms with Gasteiger partial charge < -0.3 is 15.3 Å². The first-order valence-electron chi connectivity index (χ1n) is 4.71. The van der Waals surface area contributed by atoms with Crippen molar-refractivity contribution in [1.29, 1.82) is 0 Å². The van der Waals surface area contributed by atoms with Crippen molar-refractivity contribution in [2.45, 2.75) is 13.3 Å². The molecule has 7 heteroatoms. The van der Waals surface area contributed by atoms with E-state index in [4.69, 9.17) is 15.3 Å². The van der Waals surface area contributed by atoms with E-state index >= 15 is 0 Å². The first kappa shape index (κ1) is 14.4. The highest BCUT2D eigenvalue weighted by molar-refractivity contribution is 5.71. The summed E-state index contributed by atoms with van der Waals surface area (Å²) in [6.07, 6.45) is -0.209. The van der Waals surface area contributed by atoms with Crippen LogP contribution in [0.3, 0.4) is 0 Å². The van der Waals surface area contributed by atoms with Crippen LogP contribution in [-0.2, 0) is 14.4 Å². The van der Waals surface area contributed by atoms with Gasteiger partial charge in [0.15, 0.2) is 0 Å². The highest BCUT2D eigenvalue weighted by Crippen LogP contribution is 2.01. The third-order valence-electron chi connectivity index (χ3n) is 1.95. The maximum atomic E-state index is 10.6. The van der Waals surface area contributed by atoms with Gasteiger partial charge in [0.2, 0.25) is 0 Å². The predicted octanol–water partition coefficient (Wildman–Crippen LogP) is -0.432. The van der Waals surface area contributed by atoms with E-state index < -0.39 is 23.8 Å². The fraction of sp³-hybridized carbons (Fsp3) is 0.667. The number of nitrogens with zero attached hydrogens (tertiary/aromatic N) is 1. The minimum Gasteiger partial charge on any atom is -0.481 e. The number of rotatable bonds is 8. The van der Waals surface area contributed by atoms with Gasteiger partial charge in [0, 0.05) is 13.1 Å². The van der Waals surface area contributed by atoms with Gasteiger partial charge in [0.05, 0.1) is 18.9 Å². The Hall–Kier alpha value is -1.63. The Labute approximate surface area is 92.3 Å². The fourth-order valence-electron chi connectivity index (χ4n) is 1.15. The standard InChI is InChI=1S/C9H15NO6/c1-6(9(15)16)4-10(5-8(13)14)3-2-7(11)12/h6H,2-5H2,1H3,(H,11,12)(H,13,14)(H,15,16). The third-order valence-corrected chi connectivity index (χ3v) is 1.95. The summed E-state index contributed by atoms with van der Waals surface area (Å²) >= 11 is 0. The quantitative estimate of drug-likeness (QED) is 0.521. The molecule has 0 spiro atoms. The summed E-state index contributed by atoms with van der Waals surface area (Å²) in [5.41, 5.74) is 0. The van der Waals surface area contributed by atoms with E-state index in [1.54, 1.807) is 0 Å². The predicted molar refractivity (Wildman–Crippen MR) is 53.1 cm³/mol. The summed E-state index contributed by atoms with van der Waals surface area (Å²) in [5.74, 6) is -3.92. The molecule has 0 aromatic heterocycles. The summed E-state index contributed by atoms with van der Waals surface area (Å²) in [6, 6.07) is 0. The molecule has 0 amide bonds. The second kappa shape index (κ2) is 6.78. The molecule has 0 aliphatic heterocycles. The Morgan fingerprint density at radius 1 is 1.12 bits per heavy atom. The van der Waals surface area contributed by atoms with Crippen molar-refractivity contribution < 1.29 is 29.7 Å². The smallest absolute Gasteiger partial charge is 0.317 e. The molecular formula is C9H15NO6. The van der Waals surface area contributed by atoms with Gasteiger partial charge in [-0.05, 0) is 0 Å². The van der Waals surface area contributed by atoms with Crippen LogP contribution in [0.15, 0.2) is 0 Å². The van der Waals surface area contributed by atoms with Crippen LogP contribution in [0, 0.1) is 5.92 Å². The van der Waals surface area contributed by atoms with E-state index in [-0.39, 0.29) is 26.1 Å². The molecule has 0 saturated carbocycles. The van der Waals surface area contributed by atoms with Gasteiger partial charge in [-0.2, -0.15) is 0 Å². The van der Waals surface area contributed by atoms with Crippen molar-refractivity contribution in [1.82, 2.24) is 4.90 Å². The van der Waals surface area contributed by atoms with Crippen molar-refractivity contribution in [3.63, 3.8) is 0 Å². The Kier molecular flexibility index (Phi) is 6.09. The molecule has 0 aliphatic rings. The van der Waals surface area contributed by atoms with Crippen molar-refractivity contribution in [3.05, 3.63) is 0 Å². The highest BCUT2D eigenvalue weighted by atomic mass is 16.4. The fourth-order valence-corrected chi connectivity index (χ4v) is 1.15. The second-order valence-electron chi connectivity index (χ2n) is 3.51. The molecule has 3 N–H and O–H groups in total. The average molecular weight is 233 g/mol. The first-order valence-corrected chi connectivity index (χ1v) is 4.71. The molecule has 0 radical (unpaired) electrons. The number of carboxylic acid groups (broad SMARTS) is 3. The molecule has 0 aliphatic carbocycles. The molecule has 0 bridgehead atoms. The normalized spacial score (nSPS) is 12.4. The van der Waals surface area contributed by atoms with Gasteiger partial charge in [0.1, 0.15) is 0 Å². The van der Waals surface area contributed by atoms with Gasteiger partial charge in [-0.15, -0.1) is 0 Å². The van der Waals surface area contributed by atoms with E-state index in [1.807, 2.05) is 0 Å². The van der Waals surface area contributed by atoms with Crippen LogP contribution in [0.4, 0.5) is 0 Å².